The van der Waals surface area contributed by atoms with E-state index in [0.29, 0.717) is 12.4 Å². The summed E-state index contributed by atoms with van der Waals surface area (Å²) in [7, 11) is 3.96. The Hall–Kier alpha value is -3.57. The van der Waals surface area contributed by atoms with Crippen molar-refractivity contribution in [3.8, 4) is 23.0 Å². The zero-order chi connectivity index (χ0) is 24.5. The summed E-state index contributed by atoms with van der Waals surface area (Å²) in [6.07, 6.45) is 0. The molecule has 1 amide bonds. The van der Waals surface area contributed by atoms with Crippen molar-refractivity contribution in [3.05, 3.63) is 51.6 Å². The Morgan fingerprint density at radius 1 is 1.12 bits per heavy atom. The van der Waals surface area contributed by atoms with Gasteiger partial charge >= 0.3 is 5.69 Å². The summed E-state index contributed by atoms with van der Waals surface area (Å²) in [5.74, 6) is 0.0250. The summed E-state index contributed by atoms with van der Waals surface area (Å²) in [6.45, 7) is 4.74. The monoisotopic (exact) mass is 475 g/mol. The number of rotatable bonds is 11. The fourth-order valence-corrected chi connectivity index (χ4v) is 3.64. The number of benzene rings is 2. The summed E-state index contributed by atoms with van der Waals surface area (Å²) in [5.41, 5.74) is 0.0857. The molecule has 0 spiro atoms. The number of nitrogens with one attached hydrogen (secondary N) is 1. The summed E-state index contributed by atoms with van der Waals surface area (Å²) in [6, 6.07) is 8.59. The maximum atomic E-state index is 12.9. The lowest BCUT2D eigenvalue weighted by atomic mass is 10.1. The van der Waals surface area contributed by atoms with Crippen LogP contribution in [0.4, 0.5) is 5.69 Å². The van der Waals surface area contributed by atoms with E-state index in [9.17, 15) is 14.9 Å². The van der Waals surface area contributed by atoms with Crippen LogP contribution in [0.5, 0.6) is 23.0 Å². The van der Waals surface area contributed by atoms with Gasteiger partial charge in [0.25, 0.3) is 5.91 Å². The molecule has 0 saturated carbocycles. The zero-order valence-electron chi connectivity index (χ0n) is 19.5. The van der Waals surface area contributed by atoms with E-state index in [4.69, 9.17) is 23.7 Å². The third kappa shape index (κ3) is 6.06. The molecule has 0 atom stereocenters. The highest BCUT2D eigenvalue weighted by Crippen LogP contribution is 2.46. The maximum Gasteiger partial charge on any atom is 0.327 e. The number of nitrogens with zero attached hydrogens (tertiary/aromatic N) is 2. The average molecular weight is 475 g/mol. The zero-order valence-corrected chi connectivity index (χ0v) is 19.5. The smallest absolute Gasteiger partial charge is 0.327 e. The summed E-state index contributed by atoms with van der Waals surface area (Å²) in [5, 5.41) is 14.4. The lowest BCUT2D eigenvalue weighted by Crippen LogP contribution is -2.38. The van der Waals surface area contributed by atoms with Crippen LogP contribution in [0.15, 0.2) is 30.3 Å². The van der Waals surface area contributed by atoms with Crippen molar-refractivity contribution in [1.29, 1.82) is 0 Å². The molecule has 11 nitrogen and oxygen atoms in total. The lowest BCUT2D eigenvalue weighted by molar-refractivity contribution is -0.386. The van der Waals surface area contributed by atoms with E-state index in [0.717, 1.165) is 38.4 Å². The van der Waals surface area contributed by atoms with Crippen LogP contribution >= 0.6 is 0 Å². The molecule has 2 aromatic rings. The minimum absolute atomic E-state index is 0.0372. The first-order valence-electron chi connectivity index (χ1n) is 10.8. The number of amides is 1. The fraction of sp³-hybridized carbons (Fsp3) is 0.435. The normalized spacial score (nSPS) is 13.7. The van der Waals surface area contributed by atoms with Crippen LogP contribution in [-0.4, -0.2) is 76.5 Å². The van der Waals surface area contributed by atoms with Crippen molar-refractivity contribution in [3.63, 3.8) is 0 Å². The summed E-state index contributed by atoms with van der Waals surface area (Å²) in [4.78, 5) is 26.2. The predicted molar refractivity (Wildman–Crippen MR) is 123 cm³/mol. The fourth-order valence-electron chi connectivity index (χ4n) is 3.64. The molecule has 1 saturated heterocycles. The summed E-state index contributed by atoms with van der Waals surface area (Å²) < 4.78 is 26.8. The number of carbonyl (C=O) groups is 1. The highest BCUT2D eigenvalue weighted by molar-refractivity contribution is 6.00. The third-order valence-electron chi connectivity index (χ3n) is 5.36. The lowest BCUT2D eigenvalue weighted by Gasteiger charge is -2.26. The van der Waals surface area contributed by atoms with E-state index in [1.165, 1.54) is 27.4 Å². The highest BCUT2D eigenvalue weighted by atomic mass is 16.6. The Balaban J connectivity index is 1.68. The Labute approximate surface area is 197 Å². The van der Waals surface area contributed by atoms with Crippen LogP contribution in [-0.2, 0) is 11.3 Å². The van der Waals surface area contributed by atoms with Gasteiger partial charge in [-0.3, -0.25) is 19.8 Å². The van der Waals surface area contributed by atoms with Gasteiger partial charge in [-0.2, -0.15) is 0 Å². The van der Waals surface area contributed by atoms with Crippen LogP contribution in [0.25, 0.3) is 0 Å². The van der Waals surface area contributed by atoms with Crippen LogP contribution < -0.4 is 24.3 Å². The van der Waals surface area contributed by atoms with E-state index in [-0.39, 0.29) is 29.4 Å². The summed E-state index contributed by atoms with van der Waals surface area (Å²) >= 11 is 0. The van der Waals surface area contributed by atoms with Gasteiger partial charge in [-0.05, 0) is 17.7 Å². The predicted octanol–water partition coefficient (Wildman–Crippen LogP) is 2.26. The van der Waals surface area contributed by atoms with E-state index in [2.05, 4.69) is 10.2 Å². The molecule has 0 aromatic heterocycles. The molecule has 1 aliphatic rings. The molecule has 0 unspecified atom stereocenters. The van der Waals surface area contributed by atoms with Crippen LogP contribution in [0.2, 0.25) is 0 Å². The average Bonchev–Trinajstić information content (AvgIpc) is 2.86. The molecule has 1 N–H and O–H groups in total. The molecule has 1 heterocycles. The topological polar surface area (TPSA) is 122 Å². The van der Waals surface area contributed by atoms with Crippen molar-refractivity contribution in [2.45, 2.75) is 6.54 Å². The highest BCUT2D eigenvalue weighted by Gasteiger charge is 2.32. The Morgan fingerprint density at radius 3 is 2.50 bits per heavy atom. The third-order valence-corrected chi connectivity index (χ3v) is 5.36. The second-order valence-electron chi connectivity index (χ2n) is 7.43. The molecule has 3 rings (SSSR count). The van der Waals surface area contributed by atoms with E-state index in [1.54, 1.807) is 0 Å². The SMILES string of the molecule is COc1cc(C(=O)NCc2cccc(OCCN3CCOCC3)c2)c([N+](=O)[O-])c(OC)c1OC. The van der Waals surface area contributed by atoms with Crippen molar-refractivity contribution in [1.82, 2.24) is 10.2 Å². The van der Waals surface area contributed by atoms with E-state index in [1.807, 2.05) is 24.3 Å². The van der Waals surface area contributed by atoms with E-state index >= 15 is 0 Å². The molecule has 0 radical (unpaired) electrons. The Kier molecular flexibility index (Phi) is 8.88. The van der Waals surface area contributed by atoms with Crippen molar-refractivity contribution >= 4 is 11.6 Å². The van der Waals surface area contributed by atoms with Gasteiger partial charge in [0.05, 0.1) is 39.5 Å². The molecule has 1 fully saturated rings. The second kappa shape index (κ2) is 12.1. The number of methoxy groups -OCH3 is 3. The Morgan fingerprint density at radius 2 is 1.85 bits per heavy atom. The first kappa shape index (κ1) is 25.1. The Bertz CT molecular complexity index is 1010. The van der Waals surface area contributed by atoms with Gasteiger partial charge in [0.2, 0.25) is 11.5 Å². The second-order valence-corrected chi connectivity index (χ2v) is 7.43. The number of morpholine rings is 1. The van der Waals surface area contributed by atoms with Gasteiger partial charge in [-0.15, -0.1) is 0 Å². The maximum absolute atomic E-state index is 12.9. The molecular weight excluding hydrogens is 446 g/mol. The minimum atomic E-state index is -0.682. The number of nitro groups is 1. The van der Waals surface area contributed by atoms with Crippen LogP contribution in [0.1, 0.15) is 15.9 Å². The standard InChI is InChI=1S/C23H29N3O8/c1-30-19-14-18(20(26(28)29)22(32-3)21(19)31-2)23(27)24-15-16-5-4-6-17(13-16)34-12-9-25-7-10-33-11-8-25/h4-6,13-14H,7-12,15H2,1-3H3,(H,24,27). The first-order chi connectivity index (χ1) is 16.5. The number of carbonyl (C=O) groups excluding carboxylic acids is 1. The quantitative estimate of drug-likeness (QED) is 0.385. The van der Waals surface area contributed by atoms with Gasteiger partial charge in [-0.25, -0.2) is 0 Å². The number of ether oxygens (including phenoxy) is 5. The van der Waals surface area contributed by atoms with Crippen LogP contribution in [0.3, 0.4) is 0 Å². The molecule has 1 aliphatic heterocycles. The first-order valence-corrected chi connectivity index (χ1v) is 10.8. The van der Waals surface area contributed by atoms with E-state index < -0.39 is 16.5 Å². The number of hydrogen-bond donors (Lipinski definition) is 1. The number of nitro benzene ring substituents is 1. The van der Waals surface area contributed by atoms with Gasteiger partial charge in [0, 0.05) is 32.2 Å². The molecule has 34 heavy (non-hydrogen) atoms. The minimum Gasteiger partial charge on any atom is -0.493 e. The van der Waals surface area contributed by atoms with Crippen molar-refractivity contribution in [2.75, 3.05) is 60.8 Å². The van der Waals surface area contributed by atoms with Crippen LogP contribution in [0, 0.1) is 10.1 Å². The molecule has 2 aromatic carbocycles. The molecule has 0 aliphatic carbocycles. The molecule has 0 bridgehead atoms. The molecule has 184 valence electrons. The van der Waals surface area contributed by atoms with Gasteiger partial charge in [0.15, 0.2) is 5.75 Å². The van der Waals surface area contributed by atoms with Crippen molar-refractivity contribution < 1.29 is 33.4 Å². The van der Waals surface area contributed by atoms with Gasteiger partial charge in [-0.1, -0.05) is 12.1 Å². The largest absolute Gasteiger partial charge is 0.493 e. The van der Waals surface area contributed by atoms with Gasteiger partial charge < -0.3 is 29.0 Å². The van der Waals surface area contributed by atoms with Crippen molar-refractivity contribution in [2.24, 2.45) is 0 Å². The van der Waals surface area contributed by atoms with Gasteiger partial charge in [0.1, 0.15) is 17.9 Å². The molecular formula is C23H29N3O8. The molecule has 11 heteroatoms. The number of hydrogen-bond acceptors (Lipinski definition) is 9.